The Labute approximate surface area is 179 Å². The summed E-state index contributed by atoms with van der Waals surface area (Å²) < 4.78 is 5.38. The van der Waals surface area contributed by atoms with Crippen molar-refractivity contribution in [2.75, 3.05) is 23.4 Å². The van der Waals surface area contributed by atoms with Gasteiger partial charge in [-0.1, -0.05) is 17.7 Å². The molecule has 8 heteroatoms. The first-order valence-electron chi connectivity index (χ1n) is 9.48. The van der Waals surface area contributed by atoms with E-state index in [1.165, 1.54) is 11.0 Å². The fourth-order valence-electron chi connectivity index (χ4n) is 3.20. The predicted molar refractivity (Wildman–Crippen MR) is 116 cm³/mol. The molecule has 7 nitrogen and oxygen atoms in total. The predicted octanol–water partition coefficient (Wildman–Crippen LogP) is 4.09. The van der Waals surface area contributed by atoms with Gasteiger partial charge < -0.3 is 15.0 Å². The Bertz CT molecular complexity index is 944. The van der Waals surface area contributed by atoms with E-state index in [9.17, 15) is 14.4 Å². The lowest BCUT2D eigenvalue weighted by atomic mass is 10.1. The molecule has 156 valence electrons. The number of carbonyl (C=O) groups is 3. The highest BCUT2D eigenvalue weighted by molar-refractivity contribution is 6.30. The van der Waals surface area contributed by atoms with Gasteiger partial charge in [-0.15, -0.1) is 6.58 Å². The van der Waals surface area contributed by atoms with Crippen molar-refractivity contribution >= 4 is 40.8 Å². The lowest BCUT2D eigenvalue weighted by molar-refractivity contribution is -0.124. The van der Waals surface area contributed by atoms with Gasteiger partial charge in [-0.25, -0.2) is 9.69 Å². The van der Waals surface area contributed by atoms with Crippen LogP contribution in [0.2, 0.25) is 5.02 Å². The van der Waals surface area contributed by atoms with E-state index in [0.717, 1.165) is 4.90 Å². The maximum absolute atomic E-state index is 13.0. The zero-order chi connectivity index (χ0) is 21.7. The number of rotatable bonds is 8. The number of halogens is 1. The van der Waals surface area contributed by atoms with E-state index in [-0.39, 0.29) is 18.9 Å². The molecular formula is C22H22ClN3O4. The van der Waals surface area contributed by atoms with E-state index >= 15 is 0 Å². The minimum Gasteiger partial charge on any atom is -0.494 e. The topological polar surface area (TPSA) is 79.0 Å². The van der Waals surface area contributed by atoms with Crippen molar-refractivity contribution in [1.82, 2.24) is 4.90 Å². The van der Waals surface area contributed by atoms with E-state index in [0.29, 0.717) is 28.8 Å². The Morgan fingerprint density at radius 2 is 1.83 bits per heavy atom. The summed E-state index contributed by atoms with van der Waals surface area (Å²) in [6, 6.07) is 11.9. The average molecular weight is 428 g/mol. The van der Waals surface area contributed by atoms with Crippen LogP contribution in [0, 0.1) is 0 Å². The number of amides is 4. The average Bonchev–Trinajstić information content (AvgIpc) is 2.95. The first-order chi connectivity index (χ1) is 14.4. The standard InChI is InChI=1S/C22H22ClN3O4/c1-3-13-25-19(14-20(27)24-16-7-11-18(12-8-16)30-4-2)21(28)26(22(25)29)17-9-5-15(23)6-10-17/h3,5-12,19H,1,4,13-14H2,2H3,(H,24,27)/t19-/m1/s1. The molecule has 0 unspecified atom stereocenters. The summed E-state index contributed by atoms with van der Waals surface area (Å²) in [4.78, 5) is 40.8. The van der Waals surface area contributed by atoms with Crippen molar-refractivity contribution in [3.63, 3.8) is 0 Å². The number of nitrogens with one attached hydrogen (secondary N) is 1. The van der Waals surface area contributed by atoms with Gasteiger partial charge in [0, 0.05) is 17.3 Å². The largest absolute Gasteiger partial charge is 0.494 e. The van der Waals surface area contributed by atoms with Crippen LogP contribution in [0.5, 0.6) is 5.75 Å². The molecule has 1 aliphatic rings. The molecule has 30 heavy (non-hydrogen) atoms. The molecule has 4 amide bonds. The van der Waals surface area contributed by atoms with Crippen molar-refractivity contribution < 1.29 is 19.1 Å². The molecule has 0 aliphatic carbocycles. The lowest BCUT2D eigenvalue weighted by Crippen LogP contribution is -2.38. The molecule has 1 fully saturated rings. The highest BCUT2D eigenvalue weighted by atomic mass is 35.5. The van der Waals surface area contributed by atoms with Gasteiger partial charge in [-0.05, 0) is 55.5 Å². The first-order valence-corrected chi connectivity index (χ1v) is 9.86. The summed E-state index contributed by atoms with van der Waals surface area (Å²) in [5.74, 6) is -0.147. The van der Waals surface area contributed by atoms with Crippen LogP contribution >= 0.6 is 11.6 Å². The Kier molecular flexibility index (Phi) is 6.74. The molecule has 1 N–H and O–H groups in total. The quantitative estimate of drug-likeness (QED) is 0.508. The zero-order valence-electron chi connectivity index (χ0n) is 16.5. The van der Waals surface area contributed by atoms with E-state index < -0.39 is 18.0 Å². The summed E-state index contributed by atoms with van der Waals surface area (Å²) >= 11 is 5.90. The van der Waals surface area contributed by atoms with E-state index in [1.807, 2.05) is 6.92 Å². The molecule has 3 rings (SSSR count). The van der Waals surface area contributed by atoms with Crippen molar-refractivity contribution in [3.05, 3.63) is 66.2 Å². The number of anilines is 2. The van der Waals surface area contributed by atoms with Gasteiger partial charge >= 0.3 is 6.03 Å². The van der Waals surface area contributed by atoms with Crippen LogP contribution < -0.4 is 15.0 Å². The van der Waals surface area contributed by atoms with Crippen LogP contribution in [0.3, 0.4) is 0 Å². The maximum Gasteiger partial charge on any atom is 0.332 e. The Balaban J connectivity index is 1.74. The molecule has 0 bridgehead atoms. The fourth-order valence-corrected chi connectivity index (χ4v) is 3.32. The number of nitrogens with zero attached hydrogens (tertiary/aromatic N) is 2. The van der Waals surface area contributed by atoms with Crippen LogP contribution in [0.1, 0.15) is 13.3 Å². The molecular weight excluding hydrogens is 406 g/mol. The van der Waals surface area contributed by atoms with Crippen LogP contribution in [-0.2, 0) is 9.59 Å². The third kappa shape index (κ3) is 4.63. The van der Waals surface area contributed by atoms with Gasteiger partial charge in [0.25, 0.3) is 5.91 Å². The number of imide groups is 1. The van der Waals surface area contributed by atoms with Crippen LogP contribution in [-0.4, -0.2) is 41.9 Å². The molecule has 0 spiro atoms. The van der Waals surface area contributed by atoms with Gasteiger partial charge in [0.1, 0.15) is 11.8 Å². The second-order valence-corrected chi connectivity index (χ2v) is 7.04. The lowest BCUT2D eigenvalue weighted by Gasteiger charge is -2.19. The summed E-state index contributed by atoms with van der Waals surface area (Å²) in [6.07, 6.45) is 1.35. The molecule has 0 aromatic heterocycles. The SMILES string of the molecule is C=CCN1C(=O)N(c2ccc(Cl)cc2)C(=O)[C@H]1CC(=O)Nc1ccc(OCC)cc1. The van der Waals surface area contributed by atoms with Crippen molar-refractivity contribution in [2.24, 2.45) is 0 Å². The molecule has 0 saturated carbocycles. The van der Waals surface area contributed by atoms with Gasteiger partial charge in [0.15, 0.2) is 0 Å². The highest BCUT2D eigenvalue weighted by Gasteiger charge is 2.46. The third-order valence-corrected chi connectivity index (χ3v) is 4.81. The molecule has 2 aromatic rings. The Morgan fingerprint density at radius 1 is 1.17 bits per heavy atom. The third-order valence-electron chi connectivity index (χ3n) is 4.56. The van der Waals surface area contributed by atoms with Crippen LogP contribution in [0.4, 0.5) is 16.2 Å². The van der Waals surface area contributed by atoms with E-state index in [2.05, 4.69) is 11.9 Å². The second kappa shape index (κ2) is 9.45. The van der Waals surface area contributed by atoms with Crippen molar-refractivity contribution in [1.29, 1.82) is 0 Å². The molecule has 1 atom stereocenters. The summed E-state index contributed by atoms with van der Waals surface area (Å²) in [6.45, 7) is 6.23. The molecule has 1 saturated heterocycles. The van der Waals surface area contributed by atoms with Gasteiger partial charge in [-0.2, -0.15) is 0 Å². The summed E-state index contributed by atoms with van der Waals surface area (Å²) in [5.41, 5.74) is 0.975. The number of hydrogen-bond acceptors (Lipinski definition) is 4. The van der Waals surface area contributed by atoms with Crippen molar-refractivity contribution in [2.45, 2.75) is 19.4 Å². The molecule has 1 heterocycles. The second-order valence-electron chi connectivity index (χ2n) is 6.60. The summed E-state index contributed by atoms with van der Waals surface area (Å²) in [5, 5.41) is 3.24. The molecule has 0 radical (unpaired) electrons. The van der Waals surface area contributed by atoms with Crippen LogP contribution in [0.15, 0.2) is 61.2 Å². The zero-order valence-corrected chi connectivity index (χ0v) is 17.3. The van der Waals surface area contributed by atoms with Crippen LogP contribution in [0.25, 0.3) is 0 Å². The molecule has 1 aliphatic heterocycles. The fraction of sp³-hybridized carbons (Fsp3) is 0.227. The van der Waals surface area contributed by atoms with Crippen molar-refractivity contribution in [3.8, 4) is 5.75 Å². The Hall–Kier alpha value is -3.32. The number of urea groups is 1. The highest BCUT2D eigenvalue weighted by Crippen LogP contribution is 2.28. The van der Waals surface area contributed by atoms with Gasteiger partial charge in [0.05, 0.1) is 18.7 Å². The van der Waals surface area contributed by atoms with Gasteiger partial charge in [-0.3, -0.25) is 9.59 Å². The number of benzene rings is 2. The Morgan fingerprint density at radius 3 is 2.43 bits per heavy atom. The number of ether oxygens (including phenoxy) is 1. The van der Waals surface area contributed by atoms with E-state index in [1.54, 1.807) is 48.5 Å². The van der Waals surface area contributed by atoms with E-state index in [4.69, 9.17) is 16.3 Å². The summed E-state index contributed by atoms with van der Waals surface area (Å²) in [7, 11) is 0. The number of carbonyl (C=O) groups excluding carboxylic acids is 3. The minimum absolute atomic E-state index is 0.148. The normalized spacial score (nSPS) is 16.0. The number of hydrogen-bond donors (Lipinski definition) is 1. The maximum atomic E-state index is 13.0. The minimum atomic E-state index is -0.922. The van der Waals surface area contributed by atoms with Gasteiger partial charge in [0.2, 0.25) is 5.91 Å². The smallest absolute Gasteiger partial charge is 0.332 e. The monoisotopic (exact) mass is 427 g/mol. The molecule has 2 aromatic carbocycles. The first kappa shape index (κ1) is 21.4.